The first-order valence-corrected chi connectivity index (χ1v) is 6.56. The van der Waals surface area contributed by atoms with Crippen LogP contribution < -0.4 is 5.56 Å². The third-order valence-corrected chi connectivity index (χ3v) is 3.82. The van der Waals surface area contributed by atoms with Crippen LogP contribution in [0, 0.1) is 0 Å². The number of hydrogen-bond donors (Lipinski definition) is 1. The van der Waals surface area contributed by atoms with Gasteiger partial charge in [0.05, 0.1) is 16.6 Å². The molecule has 0 saturated carbocycles. The summed E-state index contributed by atoms with van der Waals surface area (Å²) in [5.74, 6) is -1.04. The first-order chi connectivity index (χ1) is 9.65. The fourth-order valence-electron chi connectivity index (χ4n) is 1.80. The molecule has 0 bridgehead atoms. The lowest BCUT2D eigenvalue weighted by molar-refractivity contribution is 0.0697. The number of carboxylic acid groups (broad SMARTS) is 1. The molecule has 0 aliphatic heterocycles. The Labute approximate surface area is 117 Å². The molecule has 0 aliphatic carbocycles. The molecule has 0 saturated heterocycles. The lowest BCUT2D eigenvalue weighted by atomic mass is 10.2. The summed E-state index contributed by atoms with van der Waals surface area (Å²) in [5.41, 5.74) is 0.166. The van der Waals surface area contributed by atoms with Gasteiger partial charge in [-0.15, -0.1) is 11.3 Å². The Hall–Kier alpha value is -2.60. The molecule has 2 heterocycles. The molecule has 0 amide bonds. The van der Waals surface area contributed by atoms with Crippen molar-refractivity contribution in [2.24, 2.45) is 0 Å². The van der Waals surface area contributed by atoms with Gasteiger partial charge in [-0.05, 0) is 24.3 Å². The second kappa shape index (κ2) is 4.82. The van der Waals surface area contributed by atoms with Gasteiger partial charge in [0.1, 0.15) is 5.01 Å². The van der Waals surface area contributed by atoms with Crippen molar-refractivity contribution in [2.75, 3.05) is 0 Å². The average Bonchev–Trinajstić information content (AvgIpc) is 2.47. The predicted octanol–water partition coefficient (Wildman–Crippen LogP) is 2.42. The zero-order valence-electron chi connectivity index (χ0n) is 10.1. The van der Waals surface area contributed by atoms with Crippen molar-refractivity contribution in [3.8, 4) is 10.7 Å². The van der Waals surface area contributed by atoms with E-state index in [1.165, 1.54) is 29.7 Å². The van der Waals surface area contributed by atoms with E-state index >= 15 is 0 Å². The van der Waals surface area contributed by atoms with Gasteiger partial charge in [0.2, 0.25) is 0 Å². The lowest BCUT2D eigenvalue weighted by Crippen LogP contribution is -2.06. The largest absolute Gasteiger partial charge is 0.478 e. The van der Waals surface area contributed by atoms with Crippen molar-refractivity contribution in [3.05, 3.63) is 58.5 Å². The van der Waals surface area contributed by atoms with Crippen LogP contribution in [-0.4, -0.2) is 21.0 Å². The van der Waals surface area contributed by atoms with Crippen LogP contribution in [-0.2, 0) is 0 Å². The summed E-state index contributed by atoms with van der Waals surface area (Å²) < 4.78 is 0.796. The molecule has 0 aliphatic rings. The fraction of sp³-hybridized carbons (Fsp3) is 0. The number of carbonyl (C=O) groups is 1. The van der Waals surface area contributed by atoms with E-state index in [0.29, 0.717) is 16.1 Å². The van der Waals surface area contributed by atoms with Crippen LogP contribution in [0.25, 0.3) is 20.8 Å². The lowest BCUT2D eigenvalue weighted by Gasteiger charge is -2.02. The summed E-state index contributed by atoms with van der Waals surface area (Å²) in [7, 11) is 0. The van der Waals surface area contributed by atoms with Gasteiger partial charge in [-0.25, -0.2) is 4.79 Å². The molecule has 0 radical (unpaired) electrons. The Bertz CT molecular complexity index is 873. The second-order valence-electron chi connectivity index (χ2n) is 4.06. The summed E-state index contributed by atoms with van der Waals surface area (Å²) in [6.45, 7) is 0. The summed E-state index contributed by atoms with van der Waals surface area (Å²) in [6.07, 6.45) is 1.40. The first-order valence-electron chi connectivity index (χ1n) is 5.75. The molecular weight excluding hydrogens is 276 g/mol. The number of fused-ring (bicyclic) bond motifs is 1. The van der Waals surface area contributed by atoms with Crippen LogP contribution in [0.4, 0.5) is 0 Å². The van der Waals surface area contributed by atoms with Gasteiger partial charge < -0.3 is 5.11 Å². The van der Waals surface area contributed by atoms with Gasteiger partial charge in [-0.2, -0.15) is 4.98 Å². The monoisotopic (exact) mass is 284 g/mol. The van der Waals surface area contributed by atoms with Crippen molar-refractivity contribution in [1.82, 2.24) is 9.97 Å². The van der Waals surface area contributed by atoms with Gasteiger partial charge >= 0.3 is 5.97 Å². The SMILES string of the molecule is O=C(O)c1ccnc(-c2nc(=O)c3ccccc3s2)c1. The van der Waals surface area contributed by atoms with Crippen LogP contribution in [0.2, 0.25) is 0 Å². The molecule has 2 aromatic heterocycles. The van der Waals surface area contributed by atoms with Crippen LogP contribution in [0.5, 0.6) is 0 Å². The number of nitrogens with zero attached hydrogens (tertiary/aromatic N) is 2. The Balaban J connectivity index is 2.22. The molecule has 0 fully saturated rings. The second-order valence-corrected chi connectivity index (χ2v) is 5.09. The Kier molecular flexibility index (Phi) is 3.00. The van der Waals surface area contributed by atoms with E-state index < -0.39 is 5.97 Å². The molecule has 1 N–H and O–H groups in total. The van der Waals surface area contributed by atoms with Crippen molar-refractivity contribution < 1.29 is 9.90 Å². The van der Waals surface area contributed by atoms with Gasteiger partial charge in [-0.1, -0.05) is 12.1 Å². The van der Waals surface area contributed by atoms with Crippen molar-refractivity contribution in [2.45, 2.75) is 0 Å². The van der Waals surface area contributed by atoms with Gasteiger partial charge in [0, 0.05) is 10.9 Å². The summed E-state index contributed by atoms with van der Waals surface area (Å²) in [4.78, 5) is 31.0. The normalized spacial score (nSPS) is 10.6. The van der Waals surface area contributed by atoms with Gasteiger partial charge in [0.15, 0.2) is 0 Å². The maximum Gasteiger partial charge on any atom is 0.335 e. The Morgan fingerprint density at radius 3 is 2.80 bits per heavy atom. The Morgan fingerprint density at radius 1 is 1.20 bits per heavy atom. The van der Waals surface area contributed by atoms with Crippen molar-refractivity contribution in [3.63, 3.8) is 0 Å². The van der Waals surface area contributed by atoms with Gasteiger partial charge in [-0.3, -0.25) is 9.78 Å². The highest BCUT2D eigenvalue weighted by Crippen LogP contribution is 2.24. The van der Waals surface area contributed by atoms with Crippen LogP contribution in [0.1, 0.15) is 10.4 Å². The number of benzene rings is 1. The smallest absolute Gasteiger partial charge is 0.335 e. The third-order valence-electron chi connectivity index (χ3n) is 2.75. The number of carboxylic acids is 1. The quantitative estimate of drug-likeness (QED) is 0.781. The average molecular weight is 284 g/mol. The number of aromatic carboxylic acids is 1. The van der Waals surface area contributed by atoms with Crippen molar-refractivity contribution in [1.29, 1.82) is 0 Å². The molecule has 1 aromatic carbocycles. The molecular formula is C14H8N2O3S. The topological polar surface area (TPSA) is 80.2 Å². The molecule has 20 heavy (non-hydrogen) atoms. The zero-order valence-corrected chi connectivity index (χ0v) is 10.9. The van der Waals surface area contributed by atoms with E-state index in [1.807, 2.05) is 12.1 Å². The minimum absolute atomic E-state index is 0.115. The van der Waals surface area contributed by atoms with E-state index in [2.05, 4.69) is 9.97 Å². The number of pyridine rings is 1. The molecule has 98 valence electrons. The highest BCUT2D eigenvalue weighted by atomic mass is 32.1. The molecule has 5 nitrogen and oxygen atoms in total. The summed E-state index contributed by atoms with van der Waals surface area (Å²) >= 11 is 1.31. The number of hydrogen-bond acceptors (Lipinski definition) is 5. The van der Waals surface area contributed by atoms with Crippen LogP contribution in [0.15, 0.2) is 47.4 Å². The maximum atomic E-state index is 11.9. The molecule has 0 atom stereocenters. The number of rotatable bonds is 2. The van der Waals surface area contributed by atoms with Crippen LogP contribution >= 0.6 is 11.3 Å². The Morgan fingerprint density at radius 2 is 2.00 bits per heavy atom. The minimum Gasteiger partial charge on any atom is -0.478 e. The molecule has 6 heteroatoms. The highest BCUT2D eigenvalue weighted by Gasteiger charge is 2.10. The van der Waals surface area contributed by atoms with Crippen molar-refractivity contribution >= 4 is 27.4 Å². The van der Waals surface area contributed by atoms with E-state index in [0.717, 1.165) is 4.70 Å². The highest BCUT2D eigenvalue weighted by molar-refractivity contribution is 7.21. The maximum absolute atomic E-state index is 11.9. The summed E-state index contributed by atoms with van der Waals surface area (Å²) in [5, 5.41) is 9.94. The van der Waals surface area contributed by atoms with E-state index in [1.54, 1.807) is 12.1 Å². The predicted molar refractivity (Wildman–Crippen MR) is 76.1 cm³/mol. The fourth-order valence-corrected chi connectivity index (χ4v) is 2.77. The standard InChI is InChI=1S/C14H8N2O3S/c17-12-9-3-1-2-4-11(9)20-13(16-12)10-7-8(14(18)19)5-6-15-10/h1-7H,(H,18,19). The van der Waals surface area contributed by atoms with Gasteiger partial charge in [0.25, 0.3) is 5.56 Å². The van der Waals surface area contributed by atoms with E-state index in [4.69, 9.17) is 5.11 Å². The van der Waals surface area contributed by atoms with Crippen LogP contribution in [0.3, 0.4) is 0 Å². The first kappa shape index (κ1) is 12.4. The molecule has 0 spiro atoms. The molecule has 3 aromatic rings. The summed E-state index contributed by atoms with van der Waals surface area (Å²) in [6, 6.07) is 9.97. The zero-order chi connectivity index (χ0) is 14.1. The van der Waals surface area contributed by atoms with E-state index in [-0.39, 0.29) is 11.1 Å². The third kappa shape index (κ3) is 2.17. The molecule has 0 unspecified atom stereocenters. The number of aromatic nitrogens is 2. The van der Waals surface area contributed by atoms with E-state index in [9.17, 15) is 9.59 Å². The molecule has 3 rings (SSSR count). The minimum atomic E-state index is -1.04.